The highest BCUT2D eigenvalue weighted by molar-refractivity contribution is 7.09. The van der Waals surface area contributed by atoms with Crippen LogP contribution in [0.25, 0.3) is 0 Å². The molecule has 0 fully saturated rings. The van der Waals surface area contributed by atoms with Gasteiger partial charge in [-0.25, -0.2) is 0 Å². The summed E-state index contributed by atoms with van der Waals surface area (Å²) in [6.07, 6.45) is -0.597. The molecule has 0 aliphatic heterocycles. The average Bonchev–Trinajstić information content (AvgIpc) is 3.20. The van der Waals surface area contributed by atoms with Crippen molar-refractivity contribution in [3.63, 3.8) is 0 Å². The van der Waals surface area contributed by atoms with E-state index in [9.17, 15) is 9.90 Å². The molecule has 0 aliphatic carbocycles. The van der Waals surface area contributed by atoms with E-state index in [2.05, 4.69) is 11.4 Å². The molecule has 1 heterocycles. The number of carbonyl (C=O) groups excluding carboxylic acids is 1. The van der Waals surface area contributed by atoms with Crippen LogP contribution in [0.4, 0.5) is 0 Å². The third-order valence-electron chi connectivity index (χ3n) is 3.85. The van der Waals surface area contributed by atoms with Gasteiger partial charge in [-0.05, 0) is 35.7 Å². The minimum absolute atomic E-state index is 0.0186. The van der Waals surface area contributed by atoms with Gasteiger partial charge in [0, 0.05) is 29.1 Å². The highest BCUT2D eigenvalue weighted by Crippen LogP contribution is 2.15. The van der Waals surface area contributed by atoms with Gasteiger partial charge in [0.1, 0.15) is 18.5 Å². The Labute approximate surface area is 157 Å². The van der Waals surface area contributed by atoms with Crippen molar-refractivity contribution in [1.82, 2.24) is 5.32 Å². The predicted octanol–water partition coefficient (Wildman–Crippen LogP) is 3.51. The van der Waals surface area contributed by atoms with Gasteiger partial charge in [0.25, 0.3) is 0 Å². The highest BCUT2D eigenvalue weighted by atomic mass is 32.1. The molecular weight excluding hydrogens is 346 g/mol. The molecule has 0 aliphatic rings. The van der Waals surface area contributed by atoms with Crippen LogP contribution in [0.1, 0.15) is 20.8 Å². The number of ether oxygens (including phenoxy) is 1. The minimum Gasteiger partial charge on any atom is -0.491 e. The first kappa shape index (κ1) is 18.3. The van der Waals surface area contributed by atoms with Crippen molar-refractivity contribution in [1.29, 1.82) is 0 Å². The summed E-state index contributed by atoms with van der Waals surface area (Å²) in [5.41, 5.74) is 1.27. The Kier molecular flexibility index (Phi) is 6.55. The number of aliphatic hydroxyl groups excluding tert-OH is 1. The second-order valence-electron chi connectivity index (χ2n) is 5.89. The normalized spacial score (nSPS) is 11.9. The van der Waals surface area contributed by atoms with Gasteiger partial charge in [0.15, 0.2) is 5.78 Å². The summed E-state index contributed by atoms with van der Waals surface area (Å²) in [7, 11) is 0. The topological polar surface area (TPSA) is 58.6 Å². The maximum Gasteiger partial charge on any atom is 0.193 e. The van der Waals surface area contributed by atoms with E-state index in [-0.39, 0.29) is 12.4 Å². The van der Waals surface area contributed by atoms with E-state index >= 15 is 0 Å². The van der Waals surface area contributed by atoms with Crippen molar-refractivity contribution in [2.45, 2.75) is 12.6 Å². The van der Waals surface area contributed by atoms with E-state index in [4.69, 9.17) is 4.74 Å². The molecule has 0 saturated carbocycles. The molecule has 3 rings (SSSR count). The van der Waals surface area contributed by atoms with Crippen LogP contribution in [-0.2, 0) is 6.54 Å². The predicted molar refractivity (Wildman–Crippen MR) is 104 cm³/mol. The molecule has 0 bridgehead atoms. The molecule has 0 spiro atoms. The van der Waals surface area contributed by atoms with Crippen molar-refractivity contribution in [2.75, 3.05) is 13.2 Å². The van der Waals surface area contributed by atoms with Crippen LogP contribution in [0.15, 0.2) is 72.1 Å². The lowest BCUT2D eigenvalue weighted by Crippen LogP contribution is -2.30. The van der Waals surface area contributed by atoms with Gasteiger partial charge >= 0.3 is 0 Å². The molecule has 0 unspecified atom stereocenters. The lowest BCUT2D eigenvalue weighted by atomic mass is 10.0. The summed E-state index contributed by atoms with van der Waals surface area (Å²) in [6.45, 7) is 1.40. The Hall–Kier alpha value is -2.47. The number of benzene rings is 2. The molecule has 5 heteroatoms. The fraction of sp³-hybridized carbons (Fsp3) is 0.190. The molecule has 1 atom stereocenters. The van der Waals surface area contributed by atoms with Crippen LogP contribution in [0.5, 0.6) is 5.75 Å². The molecule has 134 valence electrons. The summed E-state index contributed by atoms with van der Waals surface area (Å²) in [4.78, 5) is 13.6. The third-order valence-corrected chi connectivity index (χ3v) is 4.73. The van der Waals surface area contributed by atoms with E-state index in [1.54, 1.807) is 47.7 Å². The van der Waals surface area contributed by atoms with Crippen LogP contribution in [-0.4, -0.2) is 30.1 Å². The van der Waals surface area contributed by atoms with E-state index in [1.165, 1.54) is 4.88 Å². The molecule has 2 aromatic carbocycles. The lowest BCUT2D eigenvalue weighted by Gasteiger charge is -2.13. The van der Waals surface area contributed by atoms with Gasteiger partial charge in [0.2, 0.25) is 0 Å². The number of hydrogen-bond donors (Lipinski definition) is 2. The first-order chi connectivity index (χ1) is 12.7. The van der Waals surface area contributed by atoms with Gasteiger partial charge in [-0.15, -0.1) is 11.3 Å². The minimum atomic E-state index is -0.597. The zero-order valence-electron chi connectivity index (χ0n) is 14.3. The van der Waals surface area contributed by atoms with E-state index in [1.807, 2.05) is 29.6 Å². The van der Waals surface area contributed by atoms with Gasteiger partial charge in [0.05, 0.1) is 0 Å². The van der Waals surface area contributed by atoms with Crippen LogP contribution in [0, 0.1) is 0 Å². The van der Waals surface area contributed by atoms with Crippen molar-refractivity contribution in [2.24, 2.45) is 0 Å². The fourth-order valence-electron chi connectivity index (χ4n) is 2.49. The van der Waals surface area contributed by atoms with Crippen molar-refractivity contribution < 1.29 is 14.6 Å². The molecule has 4 nitrogen and oxygen atoms in total. The van der Waals surface area contributed by atoms with Gasteiger partial charge in [-0.3, -0.25) is 4.79 Å². The first-order valence-corrected chi connectivity index (χ1v) is 9.34. The van der Waals surface area contributed by atoms with Crippen molar-refractivity contribution in [3.05, 3.63) is 88.1 Å². The monoisotopic (exact) mass is 367 g/mol. The van der Waals surface area contributed by atoms with Crippen molar-refractivity contribution >= 4 is 17.1 Å². The number of hydrogen-bond acceptors (Lipinski definition) is 5. The Morgan fingerprint density at radius 3 is 2.42 bits per heavy atom. The second kappa shape index (κ2) is 9.29. The van der Waals surface area contributed by atoms with E-state index in [0.717, 1.165) is 6.54 Å². The summed E-state index contributed by atoms with van der Waals surface area (Å²) in [5, 5.41) is 15.2. The Morgan fingerprint density at radius 1 is 1.00 bits per heavy atom. The molecular formula is C21H21NO3S. The number of ketones is 1. The molecule has 2 N–H and O–H groups in total. The lowest BCUT2D eigenvalue weighted by molar-refractivity contribution is 0.103. The number of aliphatic hydroxyl groups is 1. The quantitative estimate of drug-likeness (QED) is 0.568. The van der Waals surface area contributed by atoms with Crippen LogP contribution >= 0.6 is 11.3 Å². The molecule has 3 aromatic rings. The average molecular weight is 367 g/mol. The van der Waals surface area contributed by atoms with E-state index < -0.39 is 6.10 Å². The standard InChI is InChI=1S/C21H21NO3S/c23-18(13-22-14-20-7-4-12-26-20)15-25-19-10-8-17(9-11-19)21(24)16-5-2-1-3-6-16/h1-12,18,22-23H,13-15H2/t18-/m1/s1. The SMILES string of the molecule is O=C(c1ccccc1)c1ccc(OC[C@H](O)CNCc2cccs2)cc1. The van der Waals surface area contributed by atoms with Gasteiger partial charge in [-0.1, -0.05) is 36.4 Å². The maximum atomic E-state index is 12.4. The molecule has 1 aromatic heterocycles. The summed E-state index contributed by atoms with van der Waals surface area (Å²) in [5.74, 6) is 0.613. The number of rotatable bonds is 9. The Morgan fingerprint density at radius 2 is 1.73 bits per heavy atom. The highest BCUT2D eigenvalue weighted by Gasteiger charge is 2.09. The number of thiophene rings is 1. The smallest absolute Gasteiger partial charge is 0.193 e. The first-order valence-electron chi connectivity index (χ1n) is 8.46. The summed E-state index contributed by atoms with van der Waals surface area (Å²) in [6, 6.07) is 20.2. The number of carbonyl (C=O) groups is 1. The molecule has 0 amide bonds. The molecule has 26 heavy (non-hydrogen) atoms. The van der Waals surface area contributed by atoms with Crippen LogP contribution < -0.4 is 10.1 Å². The summed E-state index contributed by atoms with van der Waals surface area (Å²) >= 11 is 1.68. The van der Waals surface area contributed by atoms with Crippen molar-refractivity contribution in [3.8, 4) is 5.75 Å². The zero-order valence-corrected chi connectivity index (χ0v) is 15.1. The second-order valence-corrected chi connectivity index (χ2v) is 6.93. The van der Waals surface area contributed by atoms with Crippen LogP contribution in [0.3, 0.4) is 0 Å². The maximum absolute atomic E-state index is 12.4. The fourth-order valence-corrected chi connectivity index (χ4v) is 3.16. The third kappa shape index (κ3) is 5.26. The Bertz CT molecular complexity index is 801. The molecule has 0 radical (unpaired) electrons. The van der Waals surface area contributed by atoms with E-state index in [0.29, 0.717) is 23.4 Å². The summed E-state index contributed by atoms with van der Waals surface area (Å²) < 4.78 is 5.60. The Balaban J connectivity index is 1.44. The van der Waals surface area contributed by atoms with Crippen LogP contribution in [0.2, 0.25) is 0 Å². The van der Waals surface area contributed by atoms with Gasteiger partial charge in [-0.2, -0.15) is 0 Å². The van der Waals surface area contributed by atoms with Gasteiger partial charge < -0.3 is 15.2 Å². The number of nitrogens with one attached hydrogen (secondary N) is 1. The molecule has 0 saturated heterocycles. The zero-order chi connectivity index (χ0) is 18.2. The largest absolute Gasteiger partial charge is 0.491 e.